The van der Waals surface area contributed by atoms with Crippen LogP contribution in [0.15, 0.2) is 12.1 Å². The average Bonchev–Trinajstić information content (AvgIpc) is 2.19. The molecule has 2 rings (SSSR count). The quantitative estimate of drug-likeness (QED) is 0.771. The maximum Gasteiger partial charge on any atom is 0.251 e. The van der Waals surface area contributed by atoms with Gasteiger partial charge in [0.15, 0.2) is 0 Å². The Balaban J connectivity index is 2.61. The van der Waals surface area contributed by atoms with Gasteiger partial charge >= 0.3 is 0 Å². The molecule has 1 aromatic carbocycles. The summed E-state index contributed by atoms with van der Waals surface area (Å²) in [6, 6.07) is 2.96. The highest BCUT2D eigenvalue weighted by molar-refractivity contribution is 6.32. The van der Waals surface area contributed by atoms with Gasteiger partial charge in [0.1, 0.15) is 5.75 Å². The van der Waals surface area contributed by atoms with Gasteiger partial charge in [0.25, 0.3) is 5.91 Å². The van der Waals surface area contributed by atoms with Gasteiger partial charge in [-0.2, -0.15) is 0 Å². The van der Waals surface area contributed by atoms with Crippen LogP contribution in [-0.4, -0.2) is 17.6 Å². The molecule has 0 bridgehead atoms. The highest BCUT2D eigenvalue weighted by atomic mass is 35.5. The lowest BCUT2D eigenvalue weighted by Gasteiger charge is -2.25. The monoisotopic (exact) mass is 225 g/mol. The Labute approximate surface area is 93.1 Å². The molecule has 1 heterocycles. The number of phenols is 1. The molecule has 0 saturated heterocycles. The molecule has 1 aliphatic rings. The fourth-order valence-corrected chi connectivity index (χ4v) is 2.34. The van der Waals surface area contributed by atoms with Crippen molar-refractivity contribution in [1.29, 1.82) is 0 Å². The fourth-order valence-electron chi connectivity index (χ4n) is 1.97. The highest BCUT2D eigenvalue weighted by Crippen LogP contribution is 2.35. The smallest absolute Gasteiger partial charge is 0.251 e. The Kier molecular flexibility index (Phi) is 2.57. The van der Waals surface area contributed by atoms with Crippen molar-refractivity contribution in [1.82, 2.24) is 5.32 Å². The summed E-state index contributed by atoms with van der Waals surface area (Å²) in [4.78, 5) is 11.6. The summed E-state index contributed by atoms with van der Waals surface area (Å²) < 4.78 is 0. The number of carbonyl (C=O) groups excluding carboxylic acids is 1. The van der Waals surface area contributed by atoms with Gasteiger partial charge in [-0.05, 0) is 24.1 Å². The largest absolute Gasteiger partial charge is 0.508 e. The SMILES string of the molecule is CCC1CNC(=O)c2cc(O)cc(Cl)c21. The minimum atomic E-state index is -0.160. The van der Waals surface area contributed by atoms with Crippen LogP contribution in [0, 0.1) is 0 Å². The number of hydrogen-bond donors (Lipinski definition) is 2. The molecule has 1 atom stereocenters. The van der Waals surface area contributed by atoms with Crippen LogP contribution in [-0.2, 0) is 0 Å². The molecule has 0 aliphatic carbocycles. The van der Waals surface area contributed by atoms with E-state index in [0.29, 0.717) is 17.1 Å². The molecule has 15 heavy (non-hydrogen) atoms. The topological polar surface area (TPSA) is 49.3 Å². The van der Waals surface area contributed by atoms with Gasteiger partial charge in [0.05, 0.1) is 0 Å². The summed E-state index contributed by atoms with van der Waals surface area (Å²) in [6.07, 6.45) is 0.914. The molecule has 80 valence electrons. The van der Waals surface area contributed by atoms with Crippen LogP contribution in [0.4, 0.5) is 0 Å². The molecule has 1 aromatic rings. The highest BCUT2D eigenvalue weighted by Gasteiger charge is 2.26. The van der Waals surface area contributed by atoms with Crippen LogP contribution in [0.5, 0.6) is 5.75 Å². The molecule has 1 unspecified atom stereocenters. The van der Waals surface area contributed by atoms with E-state index >= 15 is 0 Å². The first-order valence-corrected chi connectivity index (χ1v) is 5.32. The van der Waals surface area contributed by atoms with Crippen molar-refractivity contribution >= 4 is 17.5 Å². The second-order valence-electron chi connectivity index (χ2n) is 3.70. The summed E-state index contributed by atoms with van der Waals surface area (Å²) in [6.45, 7) is 2.67. The van der Waals surface area contributed by atoms with Crippen molar-refractivity contribution in [3.8, 4) is 5.75 Å². The predicted octanol–water partition coefficient (Wildman–Crippen LogP) is 2.28. The number of phenolic OH excluding ortho intramolecular Hbond substituents is 1. The molecular formula is C11H12ClNO2. The molecule has 0 radical (unpaired) electrons. The standard InChI is InChI=1S/C11H12ClNO2/c1-2-6-5-13-11(15)8-3-7(14)4-9(12)10(6)8/h3-4,6,14H,2,5H2,1H3,(H,13,15). The zero-order valence-corrected chi connectivity index (χ0v) is 9.14. The van der Waals surface area contributed by atoms with E-state index in [4.69, 9.17) is 11.6 Å². The van der Waals surface area contributed by atoms with Crippen molar-refractivity contribution in [2.24, 2.45) is 0 Å². The number of hydrogen-bond acceptors (Lipinski definition) is 2. The number of fused-ring (bicyclic) bond motifs is 1. The number of benzene rings is 1. The minimum absolute atomic E-state index is 0.0330. The van der Waals surface area contributed by atoms with Crippen molar-refractivity contribution in [3.63, 3.8) is 0 Å². The van der Waals surface area contributed by atoms with Crippen LogP contribution in [0.25, 0.3) is 0 Å². The van der Waals surface area contributed by atoms with Crippen LogP contribution in [0.2, 0.25) is 5.02 Å². The molecule has 4 heteroatoms. The molecule has 0 spiro atoms. The number of rotatable bonds is 1. The molecule has 1 aliphatic heterocycles. The number of aromatic hydroxyl groups is 1. The third-order valence-corrected chi connectivity index (χ3v) is 3.08. The molecule has 0 saturated carbocycles. The zero-order valence-electron chi connectivity index (χ0n) is 8.38. The zero-order chi connectivity index (χ0) is 11.0. The van der Waals surface area contributed by atoms with E-state index in [0.717, 1.165) is 12.0 Å². The molecule has 2 N–H and O–H groups in total. The lowest BCUT2D eigenvalue weighted by atomic mass is 9.88. The lowest BCUT2D eigenvalue weighted by Crippen LogP contribution is -2.35. The first-order valence-electron chi connectivity index (χ1n) is 4.94. The Morgan fingerprint density at radius 3 is 3.00 bits per heavy atom. The van der Waals surface area contributed by atoms with E-state index in [2.05, 4.69) is 12.2 Å². The average molecular weight is 226 g/mol. The Hall–Kier alpha value is -1.22. The first kappa shape index (κ1) is 10.3. The lowest BCUT2D eigenvalue weighted by molar-refractivity contribution is 0.0939. The minimum Gasteiger partial charge on any atom is -0.508 e. The number of nitrogens with one attached hydrogen (secondary N) is 1. The second-order valence-corrected chi connectivity index (χ2v) is 4.11. The summed E-state index contributed by atoms with van der Waals surface area (Å²) >= 11 is 6.05. The Morgan fingerprint density at radius 1 is 1.60 bits per heavy atom. The van der Waals surface area contributed by atoms with Crippen molar-refractivity contribution < 1.29 is 9.90 Å². The van der Waals surface area contributed by atoms with Crippen LogP contribution < -0.4 is 5.32 Å². The molecule has 0 aromatic heterocycles. The van der Waals surface area contributed by atoms with E-state index < -0.39 is 0 Å². The third kappa shape index (κ3) is 1.67. The van der Waals surface area contributed by atoms with E-state index in [9.17, 15) is 9.90 Å². The van der Waals surface area contributed by atoms with Crippen LogP contribution in [0.1, 0.15) is 35.2 Å². The molecular weight excluding hydrogens is 214 g/mol. The molecule has 3 nitrogen and oxygen atoms in total. The van der Waals surface area contributed by atoms with Crippen LogP contribution >= 0.6 is 11.6 Å². The summed E-state index contributed by atoms with van der Waals surface area (Å²) in [5.41, 5.74) is 1.36. The normalized spacial score (nSPS) is 19.6. The maximum atomic E-state index is 11.6. The van der Waals surface area contributed by atoms with Crippen LogP contribution in [0.3, 0.4) is 0 Å². The number of halogens is 1. The fraction of sp³-hybridized carbons (Fsp3) is 0.364. The van der Waals surface area contributed by atoms with E-state index in [1.54, 1.807) is 0 Å². The van der Waals surface area contributed by atoms with Gasteiger partial charge in [-0.3, -0.25) is 4.79 Å². The van der Waals surface area contributed by atoms with E-state index in [-0.39, 0.29) is 17.6 Å². The van der Waals surface area contributed by atoms with Crippen molar-refractivity contribution in [2.75, 3.05) is 6.54 Å². The van der Waals surface area contributed by atoms with Gasteiger partial charge in [-0.1, -0.05) is 18.5 Å². The third-order valence-electron chi connectivity index (χ3n) is 2.77. The summed E-state index contributed by atoms with van der Waals surface area (Å²) in [5.74, 6) is 0.115. The van der Waals surface area contributed by atoms with Gasteiger partial charge in [0, 0.05) is 23.0 Å². The van der Waals surface area contributed by atoms with Gasteiger partial charge in [-0.25, -0.2) is 0 Å². The number of amides is 1. The van der Waals surface area contributed by atoms with Gasteiger partial charge in [0.2, 0.25) is 0 Å². The number of carbonyl (C=O) groups is 1. The molecule has 1 amide bonds. The predicted molar refractivity (Wildman–Crippen MR) is 58.5 cm³/mol. The summed E-state index contributed by atoms with van der Waals surface area (Å²) in [7, 11) is 0. The van der Waals surface area contributed by atoms with Crippen molar-refractivity contribution in [2.45, 2.75) is 19.3 Å². The summed E-state index contributed by atoms with van der Waals surface area (Å²) in [5, 5.41) is 12.6. The van der Waals surface area contributed by atoms with Crippen molar-refractivity contribution in [3.05, 3.63) is 28.3 Å². The van der Waals surface area contributed by atoms with Gasteiger partial charge < -0.3 is 10.4 Å². The van der Waals surface area contributed by atoms with E-state index in [1.807, 2.05) is 0 Å². The maximum absolute atomic E-state index is 11.6. The Bertz CT molecular complexity index is 417. The van der Waals surface area contributed by atoms with Gasteiger partial charge in [-0.15, -0.1) is 0 Å². The molecule has 0 fully saturated rings. The Morgan fingerprint density at radius 2 is 2.33 bits per heavy atom. The van der Waals surface area contributed by atoms with E-state index in [1.165, 1.54) is 12.1 Å². The second kappa shape index (κ2) is 3.74. The first-order chi connectivity index (χ1) is 7.13.